The highest BCUT2D eigenvalue weighted by molar-refractivity contribution is 5.75. The predicted octanol–water partition coefficient (Wildman–Crippen LogP) is 3.59. The molecule has 0 aromatic carbocycles. The minimum atomic E-state index is 0.341. The Hall–Kier alpha value is -0.590. The zero-order valence-corrected chi connectivity index (χ0v) is 10.6. The van der Waals surface area contributed by atoms with Gasteiger partial charge in [0, 0.05) is 0 Å². The summed E-state index contributed by atoms with van der Waals surface area (Å²) >= 11 is 0. The van der Waals surface area contributed by atoms with Gasteiger partial charge in [0.05, 0.1) is 0 Å². The van der Waals surface area contributed by atoms with Crippen molar-refractivity contribution in [2.45, 2.75) is 46.5 Å². The van der Waals surface area contributed by atoms with Crippen LogP contribution in [-0.2, 0) is 4.79 Å². The number of carbonyl (C=O) groups excluding carboxylic acids is 1. The second-order valence-electron chi connectivity index (χ2n) is 6.87. The summed E-state index contributed by atoms with van der Waals surface area (Å²) < 4.78 is 0. The quantitative estimate of drug-likeness (QED) is 0.615. The first kappa shape index (κ1) is 10.6. The lowest BCUT2D eigenvalue weighted by molar-refractivity contribution is -0.105. The molecule has 3 aliphatic rings. The highest BCUT2D eigenvalue weighted by Crippen LogP contribution is 2.70. The number of carbonyl (C=O) groups is 1. The summed E-state index contributed by atoms with van der Waals surface area (Å²) in [5.74, 6) is 2.23. The highest BCUT2D eigenvalue weighted by Gasteiger charge is 2.63. The lowest BCUT2D eigenvalue weighted by atomic mass is 9.68. The van der Waals surface area contributed by atoms with E-state index in [0.29, 0.717) is 16.7 Å². The number of hydrogen-bond acceptors (Lipinski definition) is 1. The Morgan fingerprint density at radius 2 is 2.12 bits per heavy atom. The van der Waals surface area contributed by atoms with Crippen LogP contribution in [0, 0.1) is 28.6 Å². The van der Waals surface area contributed by atoms with Crippen molar-refractivity contribution >= 4 is 6.29 Å². The molecule has 0 N–H and O–H groups in total. The second kappa shape index (κ2) is 3.00. The summed E-state index contributed by atoms with van der Waals surface area (Å²) in [6.45, 7) is 7.22. The molecule has 1 spiro atoms. The largest absolute Gasteiger partial charge is 0.298 e. The summed E-state index contributed by atoms with van der Waals surface area (Å²) in [7, 11) is 0. The van der Waals surface area contributed by atoms with Crippen molar-refractivity contribution in [2.75, 3.05) is 0 Å². The van der Waals surface area contributed by atoms with Crippen molar-refractivity contribution in [3.05, 3.63) is 11.6 Å². The van der Waals surface area contributed by atoms with E-state index in [1.54, 1.807) is 0 Å². The number of allylic oxidation sites excluding steroid dienone is 2. The van der Waals surface area contributed by atoms with Crippen LogP contribution < -0.4 is 0 Å². The first-order valence-corrected chi connectivity index (χ1v) is 6.67. The van der Waals surface area contributed by atoms with Gasteiger partial charge in [0.25, 0.3) is 0 Å². The fraction of sp³-hybridized carbons (Fsp3) is 0.800. The number of hydrogen-bond donors (Lipinski definition) is 0. The molecule has 0 amide bonds. The van der Waals surface area contributed by atoms with E-state index in [-0.39, 0.29) is 0 Å². The maximum absolute atomic E-state index is 11.2. The van der Waals surface area contributed by atoms with Crippen LogP contribution in [0.4, 0.5) is 0 Å². The molecular formula is C15H22O. The molecule has 3 aliphatic carbocycles. The van der Waals surface area contributed by atoms with Crippen molar-refractivity contribution in [1.82, 2.24) is 0 Å². The van der Waals surface area contributed by atoms with Crippen molar-refractivity contribution in [3.63, 3.8) is 0 Å². The van der Waals surface area contributed by atoms with E-state index in [0.717, 1.165) is 30.1 Å². The van der Waals surface area contributed by atoms with E-state index < -0.39 is 0 Å². The van der Waals surface area contributed by atoms with Gasteiger partial charge in [-0.05, 0) is 59.8 Å². The van der Waals surface area contributed by atoms with E-state index in [9.17, 15) is 4.79 Å². The molecular weight excluding hydrogens is 196 g/mol. The van der Waals surface area contributed by atoms with Crippen LogP contribution in [0.5, 0.6) is 0 Å². The normalized spacial score (nSPS) is 48.7. The number of aldehydes is 1. The van der Waals surface area contributed by atoms with Crippen LogP contribution in [0.15, 0.2) is 11.6 Å². The summed E-state index contributed by atoms with van der Waals surface area (Å²) in [6, 6.07) is 0. The van der Waals surface area contributed by atoms with Gasteiger partial charge in [-0.3, -0.25) is 4.79 Å². The summed E-state index contributed by atoms with van der Waals surface area (Å²) in [5.41, 5.74) is 1.98. The molecule has 88 valence electrons. The molecule has 3 rings (SSSR count). The van der Waals surface area contributed by atoms with Crippen molar-refractivity contribution in [3.8, 4) is 0 Å². The standard InChI is InChI=1S/C15H22O/c1-10-4-5-13-14(2,3)12-8-15(10,13)7-6-11(12)9-16/h6,9-10,12-13H,4-5,7-8H2,1-3H3/t10-,12+,13+,15+/m0/s1. The molecule has 2 fully saturated rings. The van der Waals surface area contributed by atoms with Crippen molar-refractivity contribution in [1.29, 1.82) is 0 Å². The van der Waals surface area contributed by atoms with Gasteiger partial charge in [0.2, 0.25) is 0 Å². The zero-order valence-electron chi connectivity index (χ0n) is 10.6. The molecule has 1 nitrogen and oxygen atoms in total. The van der Waals surface area contributed by atoms with Crippen LogP contribution in [0.1, 0.15) is 46.5 Å². The molecule has 2 saturated carbocycles. The fourth-order valence-corrected chi connectivity index (χ4v) is 5.23. The molecule has 0 saturated heterocycles. The predicted molar refractivity (Wildman–Crippen MR) is 65.0 cm³/mol. The summed E-state index contributed by atoms with van der Waals surface area (Å²) in [5, 5.41) is 0. The molecule has 0 aliphatic heterocycles. The molecule has 0 radical (unpaired) electrons. The van der Waals surface area contributed by atoms with Gasteiger partial charge >= 0.3 is 0 Å². The maximum Gasteiger partial charge on any atom is 0.146 e. The monoisotopic (exact) mass is 218 g/mol. The van der Waals surface area contributed by atoms with Gasteiger partial charge in [-0.15, -0.1) is 0 Å². The van der Waals surface area contributed by atoms with E-state index in [1.807, 2.05) is 0 Å². The van der Waals surface area contributed by atoms with Gasteiger partial charge in [-0.25, -0.2) is 0 Å². The Balaban J connectivity index is 2.10. The van der Waals surface area contributed by atoms with Gasteiger partial charge in [-0.2, -0.15) is 0 Å². The minimum absolute atomic E-state index is 0.341. The Labute approximate surface area is 98.3 Å². The Morgan fingerprint density at radius 1 is 1.38 bits per heavy atom. The molecule has 16 heavy (non-hydrogen) atoms. The van der Waals surface area contributed by atoms with Crippen molar-refractivity contribution in [2.24, 2.45) is 28.6 Å². The molecule has 2 bridgehead atoms. The summed E-state index contributed by atoms with van der Waals surface area (Å²) in [6.07, 6.45) is 8.58. The first-order valence-electron chi connectivity index (χ1n) is 6.67. The molecule has 1 heteroatoms. The van der Waals surface area contributed by atoms with Crippen LogP contribution in [0.2, 0.25) is 0 Å². The minimum Gasteiger partial charge on any atom is -0.298 e. The third-order valence-electron chi connectivity index (χ3n) is 6.20. The second-order valence-corrected chi connectivity index (χ2v) is 6.87. The average molecular weight is 218 g/mol. The summed E-state index contributed by atoms with van der Waals surface area (Å²) in [4.78, 5) is 11.2. The molecule has 4 atom stereocenters. The molecule has 0 heterocycles. The van der Waals surface area contributed by atoms with E-state index in [4.69, 9.17) is 0 Å². The molecule has 0 unspecified atom stereocenters. The third kappa shape index (κ3) is 1.00. The number of fused-ring (bicyclic) bond motifs is 1. The van der Waals surface area contributed by atoms with Crippen LogP contribution >= 0.6 is 0 Å². The first-order chi connectivity index (χ1) is 7.52. The Morgan fingerprint density at radius 3 is 2.81 bits per heavy atom. The Kier molecular flexibility index (Phi) is 1.98. The number of rotatable bonds is 1. The van der Waals surface area contributed by atoms with Crippen LogP contribution in [0.25, 0.3) is 0 Å². The lowest BCUT2D eigenvalue weighted by Crippen LogP contribution is -2.30. The van der Waals surface area contributed by atoms with Gasteiger partial charge in [0.1, 0.15) is 6.29 Å². The zero-order chi connectivity index (χ0) is 11.6. The van der Waals surface area contributed by atoms with E-state index in [2.05, 4.69) is 26.8 Å². The average Bonchev–Trinajstić information content (AvgIpc) is 2.65. The molecule has 0 aromatic heterocycles. The molecule has 0 aromatic rings. The fourth-order valence-electron chi connectivity index (χ4n) is 5.23. The van der Waals surface area contributed by atoms with Crippen LogP contribution in [0.3, 0.4) is 0 Å². The van der Waals surface area contributed by atoms with Gasteiger partial charge in [-0.1, -0.05) is 26.8 Å². The SMILES string of the molecule is C[C@H]1CC[C@@H]2C(C)(C)[C@@H]3C[C@@]21CC=C3C=O. The maximum atomic E-state index is 11.2. The lowest BCUT2D eigenvalue weighted by Gasteiger charge is -2.36. The smallest absolute Gasteiger partial charge is 0.146 e. The van der Waals surface area contributed by atoms with Gasteiger partial charge < -0.3 is 0 Å². The van der Waals surface area contributed by atoms with Gasteiger partial charge in [0.15, 0.2) is 0 Å². The van der Waals surface area contributed by atoms with Crippen LogP contribution in [-0.4, -0.2) is 6.29 Å². The highest BCUT2D eigenvalue weighted by atomic mass is 16.1. The third-order valence-corrected chi connectivity index (χ3v) is 6.20. The Bertz CT molecular complexity index is 366. The van der Waals surface area contributed by atoms with E-state index >= 15 is 0 Å². The topological polar surface area (TPSA) is 17.1 Å². The van der Waals surface area contributed by atoms with Crippen molar-refractivity contribution < 1.29 is 4.79 Å². The van der Waals surface area contributed by atoms with E-state index in [1.165, 1.54) is 19.3 Å².